The maximum absolute atomic E-state index is 13.7. The summed E-state index contributed by atoms with van der Waals surface area (Å²) in [6, 6.07) is 9.99. The van der Waals surface area contributed by atoms with Crippen LogP contribution in [0.25, 0.3) is 0 Å². The second-order valence-electron chi connectivity index (χ2n) is 5.19. The highest BCUT2D eigenvalue weighted by Crippen LogP contribution is 2.37. The van der Waals surface area contributed by atoms with Crippen molar-refractivity contribution >= 4 is 11.6 Å². The highest BCUT2D eigenvalue weighted by molar-refractivity contribution is 6.32. The summed E-state index contributed by atoms with van der Waals surface area (Å²) in [5.74, 6) is 0.525. The number of nitrogens with zero attached hydrogens (tertiary/aromatic N) is 3. The molecule has 1 aromatic heterocycles. The molecule has 0 bridgehead atoms. The number of ether oxygens (including phenoxy) is 2. The van der Waals surface area contributed by atoms with E-state index < -0.39 is 0 Å². The molecule has 0 aliphatic rings. The summed E-state index contributed by atoms with van der Waals surface area (Å²) in [4.78, 5) is 0. The van der Waals surface area contributed by atoms with Gasteiger partial charge >= 0.3 is 0 Å². The van der Waals surface area contributed by atoms with Crippen LogP contribution in [-0.4, -0.2) is 22.0 Å². The van der Waals surface area contributed by atoms with Gasteiger partial charge in [0.05, 0.1) is 18.7 Å². The van der Waals surface area contributed by atoms with Gasteiger partial charge < -0.3 is 14.9 Å². The Kier molecular flexibility index (Phi) is 5.35. The number of aromatic nitrogens is 3. The van der Waals surface area contributed by atoms with E-state index in [-0.39, 0.29) is 12.4 Å². The van der Waals surface area contributed by atoms with Gasteiger partial charge in [-0.25, -0.2) is 9.07 Å². The maximum Gasteiger partial charge on any atom is 0.180 e. The molecule has 2 aromatic carbocycles. The molecule has 130 valence electrons. The fourth-order valence-corrected chi connectivity index (χ4v) is 2.53. The Morgan fingerprint density at radius 2 is 1.96 bits per heavy atom. The van der Waals surface area contributed by atoms with E-state index in [0.717, 1.165) is 5.56 Å². The molecule has 25 heavy (non-hydrogen) atoms. The molecule has 0 spiro atoms. The van der Waals surface area contributed by atoms with Crippen LogP contribution < -0.4 is 14.9 Å². The van der Waals surface area contributed by atoms with Gasteiger partial charge in [0.2, 0.25) is 0 Å². The van der Waals surface area contributed by atoms with Gasteiger partial charge in [0.25, 0.3) is 0 Å². The first-order valence-corrected chi connectivity index (χ1v) is 7.86. The Morgan fingerprint density at radius 1 is 1.20 bits per heavy atom. The predicted octanol–water partition coefficient (Wildman–Crippen LogP) is 3.40. The third kappa shape index (κ3) is 4.19. The number of methoxy groups -OCH3 is 1. The second-order valence-corrected chi connectivity index (χ2v) is 5.60. The van der Waals surface area contributed by atoms with E-state index in [1.165, 1.54) is 13.2 Å². The van der Waals surface area contributed by atoms with Gasteiger partial charge in [0.1, 0.15) is 25.1 Å². The highest BCUT2D eigenvalue weighted by atomic mass is 35.5. The Labute approximate surface area is 149 Å². The standard InChI is InChI=1S/C17H16ClFN4O2/c1-24-16-7-12(8-22-23-10-20-21-11-23)6-14(18)17(16)25-9-13-4-2-3-5-15(13)19/h2-7,10-11,22H,8-9H2,1H3. The van der Waals surface area contributed by atoms with Crippen molar-refractivity contribution in [3.05, 3.63) is 71.0 Å². The number of halogens is 2. The Bertz CT molecular complexity index is 843. The van der Waals surface area contributed by atoms with Crippen molar-refractivity contribution in [3.8, 4) is 11.5 Å². The normalized spacial score (nSPS) is 10.5. The zero-order valence-corrected chi connectivity index (χ0v) is 14.2. The molecule has 0 saturated heterocycles. The summed E-state index contributed by atoms with van der Waals surface area (Å²) in [7, 11) is 1.53. The summed E-state index contributed by atoms with van der Waals surface area (Å²) < 4.78 is 26.4. The summed E-state index contributed by atoms with van der Waals surface area (Å²) in [6.07, 6.45) is 3.09. The monoisotopic (exact) mass is 362 g/mol. The van der Waals surface area contributed by atoms with Crippen LogP contribution in [-0.2, 0) is 13.2 Å². The maximum atomic E-state index is 13.7. The molecule has 1 N–H and O–H groups in total. The van der Waals surface area contributed by atoms with Crippen LogP contribution in [0, 0.1) is 5.82 Å². The predicted molar refractivity (Wildman–Crippen MR) is 91.8 cm³/mol. The molecule has 1 heterocycles. The molecular formula is C17H16ClFN4O2. The average molecular weight is 363 g/mol. The van der Waals surface area contributed by atoms with Gasteiger partial charge in [-0.3, -0.25) is 0 Å². The van der Waals surface area contributed by atoms with E-state index in [0.29, 0.717) is 28.6 Å². The van der Waals surface area contributed by atoms with Crippen molar-refractivity contribution in [2.24, 2.45) is 0 Å². The van der Waals surface area contributed by atoms with E-state index in [2.05, 4.69) is 15.6 Å². The summed E-state index contributed by atoms with van der Waals surface area (Å²) in [5, 5.41) is 7.80. The Morgan fingerprint density at radius 3 is 2.68 bits per heavy atom. The van der Waals surface area contributed by atoms with Crippen molar-refractivity contribution in [2.45, 2.75) is 13.2 Å². The third-order valence-corrected chi connectivity index (χ3v) is 3.78. The highest BCUT2D eigenvalue weighted by Gasteiger charge is 2.13. The molecule has 0 amide bonds. The summed E-state index contributed by atoms with van der Waals surface area (Å²) in [6.45, 7) is 0.544. The first-order chi connectivity index (χ1) is 12.2. The van der Waals surface area contributed by atoms with Gasteiger partial charge in [0.15, 0.2) is 11.5 Å². The van der Waals surface area contributed by atoms with E-state index in [1.54, 1.807) is 47.7 Å². The van der Waals surface area contributed by atoms with Crippen LogP contribution in [0.2, 0.25) is 5.02 Å². The molecule has 6 nitrogen and oxygen atoms in total. The molecule has 0 saturated carbocycles. The number of hydrogen-bond donors (Lipinski definition) is 1. The van der Waals surface area contributed by atoms with E-state index in [9.17, 15) is 4.39 Å². The molecule has 0 fully saturated rings. The number of benzene rings is 2. The lowest BCUT2D eigenvalue weighted by Crippen LogP contribution is -2.12. The van der Waals surface area contributed by atoms with E-state index >= 15 is 0 Å². The molecule has 3 rings (SSSR count). The minimum absolute atomic E-state index is 0.0566. The number of nitrogens with one attached hydrogen (secondary N) is 1. The molecule has 0 radical (unpaired) electrons. The zero-order valence-electron chi connectivity index (χ0n) is 13.4. The lowest BCUT2D eigenvalue weighted by Gasteiger charge is -2.15. The van der Waals surface area contributed by atoms with Crippen LogP contribution in [0.15, 0.2) is 49.1 Å². The lowest BCUT2D eigenvalue weighted by atomic mass is 10.2. The topological polar surface area (TPSA) is 61.2 Å². The van der Waals surface area contributed by atoms with Crippen molar-refractivity contribution in [1.82, 2.24) is 14.9 Å². The van der Waals surface area contributed by atoms with Gasteiger partial charge in [-0.2, -0.15) is 0 Å². The molecule has 3 aromatic rings. The fourth-order valence-electron chi connectivity index (χ4n) is 2.25. The quantitative estimate of drug-likeness (QED) is 0.698. The van der Waals surface area contributed by atoms with Crippen molar-refractivity contribution in [2.75, 3.05) is 12.5 Å². The van der Waals surface area contributed by atoms with E-state index in [4.69, 9.17) is 21.1 Å². The van der Waals surface area contributed by atoms with Crippen molar-refractivity contribution in [1.29, 1.82) is 0 Å². The molecule has 0 aliphatic carbocycles. The van der Waals surface area contributed by atoms with Crippen LogP contribution >= 0.6 is 11.6 Å². The van der Waals surface area contributed by atoms with Gasteiger partial charge in [-0.05, 0) is 23.8 Å². The van der Waals surface area contributed by atoms with Gasteiger partial charge in [-0.15, -0.1) is 10.2 Å². The van der Waals surface area contributed by atoms with Crippen LogP contribution in [0.3, 0.4) is 0 Å². The third-order valence-electron chi connectivity index (χ3n) is 3.50. The Balaban J connectivity index is 1.74. The molecule has 0 unspecified atom stereocenters. The summed E-state index contributed by atoms with van der Waals surface area (Å²) in [5.41, 5.74) is 4.42. The first-order valence-electron chi connectivity index (χ1n) is 7.48. The summed E-state index contributed by atoms with van der Waals surface area (Å²) >= 11 is 6.32. The fraction of sp³-hybridized carbons (Fsp3) is 0.176. The van der Waals surface area contributed by atoms with Crippen molar-refractivity contribution < 1.29 is 13.9 Å². The molecule has 8 heteroatoms. The van der Waals surface area contributed by atoms with Gasteiger partial charge in [0, 0.05) is 5.56 Å². The van der Waals surface area contributed by atoms with Crippen molar-refractivity contribution in [3.63, 3.8) is 0 Å². The lowest BCUT2D eigenvalue weighted by molar-refractivity contribution is 0.280. The Hall–Kier alpha value is -2.80. The van der Waals surface area contributed by atoms with Crippen LogP contribution in [0.5, 0.6) is 11.5 Å². The average Bonchev–Trinajstić information content (AvgIpc) is 3.13. The second kappa shape index (κ2) is 7.85. The minimum atomic E-state index is -0.327. The first kappa shape index (κ1) is 17.0. The minimum Gasteiger partial charge on any atom is -0.493 e. The number of rotatable bonds is 7. The number of hydrogen-bond acceptors (Lipinski definition) is 5. The molecule has 0 atom stereocenters. The van der Waals surface area contributed by atoms with Gasteiger partial charge in [-0.1, -0.05) is 29.8 Å². The zero-order chi connectivity index (χ0) is 17.6. The smallest absolute Gasteiger partial charge is 0.180 e. The largest absolute Gasteiger partial charge is 0.493 e. The SMILES string of the molecule is COc1cc(CNn2cnnc2)cc(Cl)c1OCc1ccccc1F. The molecule has 0 aliphatic heterocycles. The van der Waals surface area contributed by atoms with E-state index in [1.807, 2.05) is 0 Å². The molecular weight excluding hydrogens is 347 g/mol. The van der Waals surface area contributed by atoms with Crippen LogP contribution in [0.4, 0.5) is 4.39 Å². The van der Waals surface area contributed by atoms with Crippen LogP contribution in [0.1, 0.15) is 11.1 Å².